The molecule has 1 aromatic rings. The molecule has 0 saturated heterocycles. The van der Waals surface area contributed by atoms with Crippen LogP contribution in [-0.2, 0) is 0 Å². The van der Waals surface area contributed by atoms with Gasteiger partial charge in [0.1, 0.15) is 5.17 Å². The number of nitrogens with zero attached hydrogens (tertiary/aromatic N) is 1. The largest absolute Gasteiger partial charge is 0.241 e. The van der Waals surface area contributed by atoms with Gasteiger partial charge < -0.3 is 0 Å². The Morgan fingerprint density at radius 1 is 1.36 bits per heavy atom. The Morgan fingerprint density at radius 2 is 2.00 bits per heavy atom. The average Bonchev–Trinajstić information content (AvgIpc) is 2.06. The normalized spacial score (nSPS) is 11.6. The summed E-state index contributed by atoms with van der Waals surface area (Å²) >= 11 is 5.75. The Labute approximate surface area is 71.7 Å². The number of rotatable bonds is 2. The van der Waals surface area contributed by atoms with E-state index in [9.17, 15) is 0 Å². The molecule has 1 aromatic carbocycles. The van der Waals surface area contributed by atoms with Gasteiger partial charge >= 0.3 is 0 Å². The van der Waals surface area contributed by atoms with E-state index in [0.29, 0.717) is 5.17 Å². The van der Waals surface area contributed by atoms with E-state index in [-0.39, 0.29) is 0 Å². The molecule has 2 heteroatoms. The standard InChI is InChI=1S/C9H10ClN/c1-2-9(10)11-8-6-4-3-5-7-8/h3-7H,2H2,1H3/b11-9-. The van der Waals surface area contributed by atoms with Crippen molar-refractivity contribution in [3.8, 4) is 0 Å². The summed E-state index contributed by atoms with van der Waals surface area (Å²) in [4.78, 5) is 4.16. The van der Waals surface area contributed by atoms with Crippen LogP contribution in [0.15, 0.2) is 35.3 Å². The number of halogens is 1. The van der Waals surface area contributed by atoms with Crippen LogP contribution in [0.25, 0.3) is 0 Å². The molecule has 0 aromatic heterocycles. The predicted molar refractivity (Wildman–Crippen MR) is 49.7 cm³/mol. The maximum absolute atomic E-state index is 5.75. The van der Waals surface area contributed by atoms with Gasteiger partial charge in [-0.1, -0.05) is 36.7 Å². The van der Waals surface area contributed by atoms with Crippen molar-refractivity contribution in [1.82, 2.24) is 0 Å². The molecule has 58 valence electrons. The summed E-state index contributed by atoms with van der Waals surface area (Å²) in [6.45, 7) is 1.98. The van der Waals surface area contributed by atoms with E-state index in [4.69, 9.17) is 11.6 Å². The summed E-state index contributed by atoms with van der Waals surface area (Å²) in [5, 5.41) is 0.649. The first-order chi connectivity index (χ1) is 5.33. The van der Waals surface area contributed by atoms with E-state index >= 15 is 0 Å². The van der Waals surface area contributed by atoms with E-state index in [2.05, 4.69) is 4.99 Å². The van der Waals surface area contributed by atoms with Crippen LogP contribution >= 0.6 is 11.6 Å². The van der Waals surface area contributed by atoms with Crippen molar-refractivity contribution in [2.45, 2.75) is 13.3 Å². The van der Waals surface area contributed by atoms with E-state index < -0.39 is 0 Å². The molecule has 0 aliphatic rings. The molecule has 0 N–H and O–H groups in total. The first kappa shape index (κ1) is 8.28. The number of para-hydroxylation sites is 1. The molecule has 0 atom stereocenters. The monoisotopic (exact) mass is 167 g/mol. The minimum atomic E-state index is 0.649. The lowest BCUT2D eigenvalue weighted by Crippen LogP contribution is -1.79. The van der Waals surface area contributed by atoms with E-state index in [1.54, 1.807) is 0 Å². The Kier molecular flexibility index (Phi) is 3.12. The van der Waals surface area contributed by atoms with Gasteiger partial charge in [-0.3, -0.25) is 0 Å². The van der Waals surface area contributed by atoms with Crippen molar-refractivity contribution in [2.24, 2.45) is 4.99 Å². The number of benzene rings is 1. The quantitative estimate of drug-likeness (QED) is 0.599. The predicted octanol–water partition coefficient (Wildman–Crippen LogP) is 3.37. The van der Waals surface area contributed by atoms with E-state index in [1.807, 2.05) is 37.3 Å². The highest BCUT2D eigenvalue weighted by Crippen LogP contribution is 2.11. The second kappa shape index (κ2) is 4.14. The highest BCUT2D eigenvalue weighted by atomic mass is 35.5. The molecule has 1 rings (SSSR count). The van der Waals surface area contributed by atoms with Crippen LogP contribution in [0.5, 0.6) is 0 Å². The molecule has 0 aliphatic carbocycles. The highest BCUT2D eigenvalue weighted by Gasteiger charge is 1.89. The van der Waals surface area contributed by atoms with Gasteiger partial charge in [0, 0.05) is 0 Å². The van der Waals surface area contributed by atoms with Crippen LogP contribution in [-0.4, -0.2) is 5.17 Å². The fourth-order valence-electron chi connectivity index (χ4n) is 0.722. The first-order valence-electron chi connectivity index (χ1n) is 3.61. The maximum atomic E-state index is 5.75. The zero-order valence-corrected chi connectivity index (χ0v) is 7.17. The van der Waals surface area contributed by atoms with Gasteiger partial charge in [-0.05, 0) is 18.6 Å². The topological polar surface area (TPSA) is 12.4 Å². The lowest BCUT2D eigenvalue weighted by atomic mass is 10.3. The van der Waals surface area contributed by atoms with Crippen molar-refractivity contribution >= 4 is 22.5 Å². The average molecular weight is 168 g/mol. The van der Waals surface area contributed by atoms with Gasteiger partial charge in [-0.25, -0.2) is 4.99 Å². The fraction of sp³-hybridized carbons (Fsp3) is 0.222. The highest BCUT2D eigenvalue weighted by molar-refractivity contribution is 6.65. The van der Waals surface area contributed by atoms with Gasteiger partial charge in [-0.2, -0.15) is 0 Å². The second-order valence-electron chi connectivity index (χ2n) is 2.18. The lowest BCUT2D eigenvalue weighted by molar-refractivity contribution is 1.30. The Hall–Kier alpha value is -0.820. The molecular weight excluding hydrogens is 158 g/mol. The molecule has 1 nitrogen and oxygen atoms in total. The molecular formula is C9H10ClN. The Morgan fingerprint density at radius 3 is 2.55 bits per heavy atom. The van der Waals surface area contributed by atoms with Gasteiger partial charge in [0.05, 0.1) is 5.69 Å². The van der Waals surface area contributed by atoms with Gasteiger partial charge in [0.15, 0.2) is 0 Å². The zero-order chi connectivity index (χ0) is 8.10. The molecule has 0 saturated carbocycles. The number of hydrogen-bond donors (Lipinski definition) is 0. The summed E-state index contributed by atoms with van der Waals surface area (Å²) in [7, 11) is 0. The molecule has 0 amide bonds. The summed E-state index contributed by atoms with van der Waals surface area (Å²) in [5.74, 6) is 0. The first-order valence-corrected chi connectivity index (χ1v) is 3.99. The summed E-state index contributed by atoms with van der Waals surface area (Å²) in [6.07, 6.45) is 0.788. The third kappa shape index (κ3) is 2.72. The van der Waals surface area contributed by atoms with Crippen molar-refractivity contribution in [2.75, 3.05) is 0 Å². The van der Waals surface area contributed by atoms with Crippen molar-refractivity contribution in [3.63, 3.8) is 0 Å². The molecule has 0 radical (unpaired) electrons. The Bertz CT molecular complexity index is 241. The summed E-state index contributed by atoms with van der Waals surface area (Å²) in [5.41, 5.74) is 0.916. The van der Waals surface area contributed by atoms with Gasteiger partial charge in [0.25, 0.3) is 0 Å². The van der Waals surface area contributed by atoms with Crippen LogP contribution < -0.4 is 0 Å². The van der Waals surface area contributed by atoms with Crippen molar-refractivity contribution in [3.05, 3.63) is 30.3 Å². The molecule has 0 aliphatic heterocycles. The third-order valence-electron chi connectivity index (χ3n) is 1.30. The molecule has 0 spiro atoms. The molecule has 0 unspecified atom stereocenters. The number of aliphatic imine (C=N–C) groups is 1. The SMILES string of the molecule is CC/C(Cl)=N/c1ccccc1. The third-order valence-corrected chi connectivity index (χ3v) is 1.65. The van der Waals surface area contributed by atoms with Crippen LogP contribution in [0.4, 0.5) is 5.69 Å². The minimum absolute atomic E-state index is 0.649. The van der Waals surface area contributed by atoms with Crippen molar-refractivity contribution in [1.29, 1.82) is 0 Å². The summed E-state index contributed by atoms with van der Waals surface area (Å²) in [6, 6.07) is 9.70. The lowest BCUT2D eigenvalue weighted by Gasteiger charge is -1.92. The Balaban J connectivity index is 2.79. The van der Waals surface area contributed by atoms with E-state index in [1.165, 1.54) is 0 Å². The summed E-state index contributed by atoms with van der Waals surface area (Å²) < 4.78 is 0. The van der Waals surface area contributed by atoms with Crippen molar-refractivity contribution < 1.29 is 0 Å². The second-order valence-corrected chi connectivity index (χ2v) is 2.61. The van der Waals surface area contributed by atoms with Gasteiger partial charge in [-0.15, -0.1) is 0 Å². The molecule has 11 heavy (non-hydrogen) atoms. The van der Waals surface area contributed by atoms with Crippen LogP contribution in [0.3, 0.4) is 0 Å². The van der Waals surface area contributed by atoms with E-state index in [0.717, 1.165) is 12.1 Å². The van der Waals surface area contributed by atoms with Crippen LogP contribution in [0, 0.1) is 0 Å². The minimum Gasteiger partial charge on any atom is -0.241 e. The fourth-order valence-corrected chi connectivity index (χ4v) is 0.819. The zero-order valence-electron chi connectivity index (χ0n) is 6.42. The van der Waals surface area contributed by atoms with Crippen LogP contribution in [0.2, 0.25) is 0 Å². The van der Waals surface area contributed by atoms with Gasteiger partial charge in [0.2, 0.25) is 0 Å². The number of hydrogen-bond acceptors (Lipinski definition) is 1. The molecule has 0 bridgehead atoms. The smallest absolute Gasteiger partial charge is 0.106 e. The molecule has 0 heterocycles. The molecule has 0 fully saturated rings. The maximum Gasteiger partial charge on any atom is 0.106 e. The van der Waals surface area contributed by atoms with Crippen LogP contribution in [0.1, 0.15) is 13.3 Å².